The Bertz CT molecular complexity index is 506. The van der Waals surface area contributed by atoms with E-state index in [-0.39, 0.29) is 5.12 Å². The lowest BCUT2D eigenvalue weighted by Crippen LogP contribution is -1.95. The molecule has 0 heterocycles. The summed E-state index contributed by atoms with van der Waals surface area (Å²) in [6.07, 6.45) is 1.08. The van der Waals surface area contributed by atoms with Gasteiger partial charge < -0.3 is 4.74 Å². The number of carbonyl (C=O) groups excluding carboxylic acids is 1. The van der Waals surface area contributed by atoms with E-state index in [9.17, 15) is 4.79 Å². The van der Waals surface area contributed by atoms with Crippen LogP contribution < -0.4 is 4.74 Å². The number of thioether (sulfide) groups is 1. The lowest BCUT2D eigenvalue weighted by atomic mass is 10.2. The highest BCUT2D eigenvalue weighted by molar-refractivity contribution is 8.13. The van der Waals surface area contributed by atoms with Gasteiger partial charge in [-0.05, 0) is 24.3 Å². The SMILES string of the molecule is CC(=O)SCCC#Cc1ccc(OCCC#N)cc1. The van der Waals surface area contributed by atoms with Crippen molar-refractivity contribution >= 4 is 16.9 Å². The van der Waals surface area contributed by atoms with E-state index in [0.29, 0.717) is 19.4 Å². The summed E-state index contributed by atoms with van der Waals surface area (Å²) in [7, 11) is 0. The van der Waals surface area contributed by atoms with Crippen LogP contribution >= 0.6 is 11.8 Å². The molecule has 19 heavy (non-hydrogen) atoms. The molecule has 0 aliphatic carbocycles. The van der Waals surface area contributed by atoms with Gasteiger partial charge in [0.05, 0.1) is 12.5 Å². The third-order valence-electron chi connectivity index (χ3n) is 2.10. The van der Waals surface area contributed by atoms with E-state index in [4.69, 9.17) is 10.00 Å². The van der Waals surface area contributed by atoms with Crippen LogP contribution in [0.5, 0.6) is 5.75 Å². The maximum atomic E-state index is 10.7. The van der Waals surface area contributed by atoms with E-state index < -0.39 is 0 Å². The molecule has 3 nitrogen and oxygen atoms in total. The molecule has 0 atom stereocenters. The van der Waals surface area contributed by atoms with Crippen LogP contribution in [0.4, 0.5) is 0 Å². The minimum absolute atomic E-state index is 0.126. The second-order valence-corrected chi connectivity index (χ2v) is 4.94. The first-order valence-electron chi connectivity index (χ1n) is 5.94. The minimum atomic E-state index is 0.126. The molecule has 0 radical (unpaired) electrons. The summed E-state index contributed by atoms with van der Waals surface area (Å²) in [5.41, 5.74) is 0.917. The lowest BCUT2D eigenvalue weighted by Gasteiger charge is -2.02. The zero-order valence-corrected chi connectivity index (χ0v) is 11.6. The van der Waals surface area contributed by atoms with Crippen LogP contribution in [0, 0.1) is 23.2 Å². The maximum Gasteiger partial charge on any atom is 0.185 e. The van der Waals surface area contributed by atoms with Crippen LogP contribution in [0.1, 0.15) is 25.3 Å². The molecular formula is C15H15NO2S. The number of rotatable bonds is 5. The van der Waals surface area contributed by atoms with E-state index in [2.05, 4.69) is 11.8 Å². The summed E-state index contributed by atoms with van der Waals surface area (Å²) in [5, 5.41) is 8.52. The molecule has 0 fully saturated rings. The number of nitrogens with zero attached hydrogens (tertiary/aromatic N) is 1. The molecule has 0 aromatic heterocycles. The second-order valence-electron chi connectivity index (χ2n) is 3.67. The molecule has 0 saturated heterocycles. The van der Waals surface area contributed by atoms with Crippen molar-refractivity contribution in [3.63, 3.8) is 0 Å². The van der Waals surface area contributed by atoms with Crippen LogP contribution in [-0.2, 0) is 4.79 Å². The maximum absolute atomic E-state index is 10.7. The highest BCUT2D eigenvalue weighted by atomic mass is 32.2. The van der Waals surface area contributed by atoms with Gasteiger partial charge in [0.2, 0.25) is 0 Å². The first-order chi connectivity index (χ1) is 9.22. The number of benzene rings is 1. The van der Waals surface area contributed by atoms with E-state index in [1.807, 2.05) is 30.3 Å². The number of hydrogen-bond donors (Lipinski definition) is 0. The van der Waals surface area contributed by atoms with Crippen LogP contribution in [0.3, 0.4) is 0 Å². The molecule has 0 aliphatic rings. The average Bonchev–Trinajstić information content (AvgIpc) is 2.40. The Labute approximate surface area is 118 Å². The highest BCUT2D eigenvalue weighted by Gasteiger charge is 1.94. The largest absolute Gasteiger partial charge is 0.493 e. The summed E-state index contributed by atoms with van der Waals surface area (Å²) in [5.74, 6) is 7.53. The molecule has 98 valence electrons. The van der Waals surface area contributed by atoms with Gasteiger partial charge in [-0.3, -0.25) is 4.79 Å². The predicted molar refractivity (Wildman–Crippen MR) is 76.8 cm³/mol. The van der Waals surface area contributed by atoms with Gasteiger partial charge in [0, 0.05) is 24.7 Å². The van der Waals surface area contributed by atoms with Gasteiger partial charge in [-0.15, -0.1) is 0 Å². The zero-order chi connectivity index (χ0) is 13.9. The smallest absolute Gasteiger partial charge is 0.185 e. The third kappa shape index (κ3) is 7.18. The van der Waals surface area contributed by atoms with Crippen molar-refractivity contribution in [3.05, 3.63) is 29.8 Å². The van der Waals surface area contributed by atoms with E-state index in [1.54, 1.807) is 6.92 Å². The summed E-state index contributed by atoms with van der Waals surface area (Å²) < 4.78 is 5.36. The van der Waals surface area contributed by atoms with Crippen molar-refractivity contribution in [2.45, 2.75) is 19.8 Å². The normalized spacial score (nSPS) is 9.05. The molecule has 0 saturated carbocycles. The molecule has 0 unspecified atom stereocenters. The highest BCUT2D eigenvalue weighted by Crippen LogP contribution is 2.11. The number of ether oxygens (including phenoxy) is 1. The summed E-state index contributed by atoms with van der Waals surface area (Å²) in [4.78, 5) is 10.7. The summed E-state index contributed by atoms with van der Waals surface area (Å²) >= 11 is 1.29. The van der Waals surface area contributed by atoms with Gasteiger partial charge in [0.15, 0.2) is 5.12 Å². The molecule has 4 heteroatoms. The van der Waals surface area contributed by atoms with E-state index >= 15 is 0 Å². The number of carbonyl (C=O) groups is 1. The van der Waals surface area contributed by atoms with Crippen molar-refractivity contribution in [1.82, 2.24) is 0 Å². The fraction of sp³-hybridized carbons (Fsp3) is 0.333. The standard InChI is InChI=1S/C15H15NO2S/c1-13(17)19-12-3-2-5-14-6-8-15(9-7-14)18-11-4-10-16/h6-9H,3-4,11-12H2,1H3. The summed E-state index contributed by atoms with van der Waals surface area (Å²) in [6.45, 7) is 1.97. The van der Waals surface area contributed by atoms with Crippen molar-refractivity contribution in [2.75, 3.05) is 12.4 Å². The van der Waals surface area contributed by atoms with Gasteiger partial charge in [-0.25, -0.2) is 0 Å². The zero-order valence-electron chi connectivity index (χ0n) is 10.8. The fourth-order valence-electron chi connectivity index (χ4n) is 1.26. The first-order valence-corrected chi connectivity index (χ1v) is 6.93. The van der Waals surface area contributed by atoms with Crippen LogP contribution in [0.2, 0.25) is 0 Å². The molecule has 0 aliphatic heterocycles. The predicted octanol–water partition coefficient (Wildman–Crippen LogP) is 3.00. The first kappa shape index (κ1) is 15.1. The molecule has 0 N–H and O–H groups in total. The Morgan fingerprint density at radius 3 is 2.68 bits per heavy atom. The Balaban J connectivity index is 2.37. The van der Waals surface area contributed by atoms with Crippen LogP contribution in [-0.4, -0.2) is 17.5 Å². The monoisotopic (exact) mass is 273 g/mol. The van der Waals surface area contributed by atoms with E-state index in [1.165, 1.54) is 11.8 Å². The number of hydrogen-bond acceptors (Lipinski definition) is 4. The molecule has 0 bridgehead atoms. The van der Waals surface area contributed by atoms with Crippen LogP contribution in [0.15, 0.2) is 24.3 Å². The fourth-order valence-corrected chi connectivity index (χ4v) is 1.75. The molecule has 1 aromatic carbocycles. The molecule has 0 spiro atoms. The summed E-state index contributed by atoms with van der Waals surface area (Å²) in [6, 6.07) is 9.47. The second kappa shape index (κ2) is 9.08. The van der Waals surface area contributed by atoms with Gasteiger partial charge in [0.1, 0.15) is 12.4 Å². The Kier molecular flexibility index (Phi) is 7.24. The third-order valence-corrected chi connectivity index (χ3v) is 2.92. The molecular weight excluding hydrogens is 258 g/mol. The Hall–Kier alpha value is -1.91. The number of nitriles is 1. The van der Waals surface area contributed by atoms with Gasteiger partial charge in [0.25, 0.3) is 0 Å². The van der Waals surface area contributed by atoms with Crippen LogP contribution in [0.25, 0.3) is 0 Å². The average molecular weight is 273 g/mol. The molecule has 1 rings (SSSR count). The van der Waals surface area contributed by atoms with Gasteiger partial charge in [-0.1, -0.05) is 23.6 Å². The van der Waals surface area contributed by atoms with Crippen molar-refractivity contribution in [1.29, 1.82) is 5.26 Å². The van der Waals surface area contributed by atoms with Crippen molar-refractivity contribution in [2.24, 2.45) is 0 Å². The quantitative estimate of drug-likeness (QED) is 0.611. The van der Waals surface area contributed by atoms with Crippen molar-refractivity contribution in [3.8, 4) is 23.7 Å². The van der Waals surface area contributed by atoms with Gasteiger partial charge in [-0.2, -0.15) is 5.26 Å². The molecule has 0 amide bonds. The Morgan fingerprint density at radius 1 is 1.32 bits per heavy atom. The Morgan fingerprint density at radius 2 is 2.05 bits per heavy atom. The van der Waals surface area contributed by atoms with Gasteiger partial charge >= 0.3 is 0 Å². The van der Waals surface area contributed by atoms with Crippen molar-refractivity contribution < 1.29 is 9.53 Å². The van der Waals surface area contributed by atoms with E-state index in [0.717, 1.165) is 17.1 Å². The minimum Gasteiger partial charge on any atom is -0.493 e. The lowest BCUT2D eigenvalue weighted by molar-refractivity contribution is -0.109. The topological polar surface area (TPSA) is 50.1 Å². The molecule has 1 aromatic rings.